The highest BCUT2D eigenvalue weighted by Gasteiger charge is 2.26. The van der Waals surface area contributed by atoms with E-state index in [2.05, 4.69) is 14.7 Å². The molecule has 0 aliphatic carbocycles. The number of aromatic amines is 1. The Morgan fingerprint density at radius 3 is 2.42 bits per heavy atom. The molecular formula is C12H23N3O3S. The van der Waals surface area contributed by atoms with Crippen LogP contribution in [0.25, 0.3) is 0 Å². The molecule has 0 saturated heterocycles. The SMILES string of the molecule is CCC(O)(CC)CNS(=O)(=O)c1cnc(C(C)C)[nH]1. The zero-order valence-electron chi connectivity index (χ0n) is 11.9. The van der Waals surface area contributed by atoms with Crippen molar-refractivity contribution < 1.29 is 13.5 Å². The predicted octanol–water partition coefficient (Wildman–Crippen LogP) is 1.36. The van der Waals surface area contributed by atoms with Gasteiger partial charge in [-0.3, -0.25) is 0 Å². The normalized spacial score (nSPS) is 13.2. The minimum Gasteiger partial charge on any atom is -0.389 e. The third-order valence-corrected chi connectivity index (χ3v) is 4.63. The highest BCUT2D eigenvalue weighted by molar-refractivity contribution is 7.89. The standard InChI is InChI=1S/C12H23N3O3S/c1-5-12(16,6-2)8-14-19(17,18)10-7-13-11(15-10)9(3)4/h7,9,14,16H,5-6,8H2,1-4H3,(H,13,15). The van der Waals surface area contributed by atoms with Gasteiger partial charge in [-0.1, -0.05) is 27.7 Å². The summed E-state index contributed by atoms with van der Waals surface area (Å²) in [5.74, 6) is 0.758. The first-order valence-corrected chi connectivity index (χ1v) is 7.99. The van der Waals surface area contributed by atoms with Gasteiger partial charge in [0.2, 0.25) is 0 Å². The Balaban J connectivity index is 2.81. The van der Waals surface area contributed by atoms with E-state index < -0.39 is 15.6 Å². The van der Waals surface area contributed by atoms with Gasteiger partial charge in [-0.25, -0.2) is 18.1 Å². The zero-order chi connectivity index (χ0) is 14.7. The van der Waals surface area contributed by atoms with E-state index in [9.17, 15) is 13.5 Å². The van der Waals surface area contributed by atoms with Gasteiger partial charge in [0.05, 0.1) is 11.8 Å². The molecule has 0 saturated carbocycles. The Morgan fingerprint density at radius 1 is 1.42 bits per heavy atom. The second kappa shape index (κ2) is 6.02. The molecule has 6 nitrogen and oxygen atoms in total. The smallest absolute Gasteiger partial charge is 0.257 e. The molecule has 110 valence electrons. The summed E-state index contributed by atoms with van der Waals surface area (Å²) in [7, 11) is -3.65. The molecule has 0 aliphatic rings. The van der Waals surface area contributed by atoms with Crippen molar-refractivity contribution >= 4 is 10.0 Å². The van der Waals surface area contributed by atoms with Crippen LogP contribution in [-0.2, 0) is 10.0 Å². The number of H-pyrrole nitrogens is 1. The summed E-state index contributed by atoms with van der Waals surface area (Å²) in [5, 5.41) is 10.1. The first-order chi connectivity index (χ1) is 8.74. The lowest BCUT2D eigenvalue weighted by atomic mass is 9.98. The quantitative estimate of drug-likeness (QED) is 0.706. The Labute approximate surface area is 114 Å². The van der Waals surface area contributed by atoms with Gasteiger partial charge < -0.3 is 10.1 Å². The van der Waals surface area contributed by atoms with Crippen LogP contribution >= 0.6 is 0 Å². The summed E-state index contributed by atoms with van der Waals surface area (Å²) in [5.41, 5.74) is -1.01. The summed E-state index contributed by atoms with van der Waals surface area (Å²) in [4.78, 5) is 6.81. The topological polar surface area (TPSA) is 95.1 Å². The van der Waals surface area contributed by atoms with Gasteiger partial charge in [0.25, 0.3) is 10.0 Å². The fourth-order valence-corrected chi connectivity index (χ4v) is 2.60. The van der Waals surface area contributed by atoms with Crippen LogP contribution in [0.4, 0.5) is 0 Å². The van der Waals surface area contributed by atoms with Crippen molar-refractivity contribution in [1.29, 1.82) is 0 Å². The monoisotopic (exact) mass is 289 g/mol. The molecule has 0 spiro atoms. The van der Waals surface area contributed by atoms with E-state index in [-0.39, 0.29) is 17.5 Å². The minimum absolute atomic E-state index is 0.00162. The average molecular weight is 289 g/mol. The highest BCUT2D eigenvalue weighted by Crippen LogP contribution is 2.16. The number of rotatable bonds is 7. The van der Waals surface area contributed by atoms with Gasteiger partial charge >= 0.3 is 0 Å². The van der Waals surface area contributed by atoms with Gasteiger partial charge in [0, 0.05) is 12.5 Å². The molecule has 0 fully saturated rings. The molecule has 0 bridgehead atoms. The fourth-order valence-electron chi connectivity index (χ4n) is 1.56. The van der Waals surface area contributed by atoms with Crippen molar-refractivity contribution in [2.75, 3.05) is 6.54 Å². The van der Waals surface area contributed by atoms with Crippen molar-refractivity contribution in [3.05, 3.63) is 12.0 Å². The van der Waals surface area contributed by atoms with Crippen molar-refractivity contribution in [2.24, 2.45) is 0 Å². The largest absolute Gasteiger partial charge is 0.389 e. The molecule has 1 heterocycles. The number of hydrogen-bond acceptors (Lipinski definition) is 4. The molecular weight excluding hydrogens is 266 g/mol. The van der Waals surface area contributed by atoms with Crippen molar-refractivity contribution in [3.8, 4) is 0 Å². The molecule has 1 aromatic rings. The van der Waals surface area contributed by atoms with Crippen molar-refractivity contribution in [1.82, 2.24) is 14.7 Å². The van der Waals surface area contributed by atoms with Crippen molar-refractivity contribution in [3.63, 3.8) is 0 Å². The lowest BCUT2D eigenvalue weighted by Crippen LogP contribution is -2.42. The molecule has 0 aliphatic heterocycles. The maximum Gasteiger partial charge on any atom is 0.257 e. The number of hydrogen-bond donors (Lipinski definition) is 3. The van der Waals surface area contributed by atoms with Crippen LogP contribution < -0.4 is 4.72 Å². The van der Waals surface area contributed by atoms with E-state index in [0.29, 0.717) is 18.7 Å². The summed E-state index contributed by atoms with van der Waals surface area (Å²) >= 11 is 0. The number of nitrogens with zero attached hydrogens (tertiary/aromatic N) is 1. The molecule has 1 aromatic heterocycles. The lowest BCUT2D eigenvalue weighted by Gasteiger charge is -2.24. The Hall–Kier alpha value is -0.920. The average Bonchev–Trinajstić information content (AvgIpc) is 2.86. The first kappa shape index (κ1) is 16.1. The van der Waals surface area contributed by atoms with Crippen LogP contribution in [0.3, 0.4) is 0 Å². The van der Waals surface area contributed by atoms with Crippen LogP contribution in [0.5, 0.6) is 0 Å². The van der Waals surface area contributed by atoms with E-state index in [1.54, 1.807) is 0 Å². The van der Waals surface area contributed by atoms with Crippen molar-refractivity contribution in [2.45, 2.75) is 57.1 Å². The van der Waals surface area contributed by atoms with Gasteiger partial charge in [-0.05, 0) is 12.8 Å². The Kier molecular flexibility index (Phi) is 5.11. The molecule has 0 aromatic carbocycles. The van der Waals surface area contributed by atoms with E-state index in [1.807, 2.05) is 27.7 Å². The van der Waals surface area contributed by atoms with Gasteiger partial charge in [0.15, 0.2) is 5.03 Å². The van der Waals surface area contributed by atoms with E-state index >= 15 is 0 Å². The molecule has 7 heteroatoms. The van der Waals surface area contributed by atoms with Gasteiger partial charge in [0.1, 0.15) is 5.82 Å². The summed E-state index contributed by atoms with van der Waals surface area (Å²) in [6.45, 7) is 7.50. The maximum atomic E-state index is 12.1. The minimum atomic E-state index is -3.65. The van der Waals surface area contributed by atoms with Crippen LogP contribution in [-0.4, -0.2) is 35.6 Å². The second-order valence-electron chi connectivity index (χ2n) is 5.04. The number of imidazole rings is 1. The number of sulfonamides is 1. The lowest BCUT2D eigenvalue weighted by molar-refractivity contribution is 0.0377. The molecule has 0 radical (unpaired) electrons. The number of aliphatic hydroxyl groups is 1. The van der Waals surface area contributed by atoms with E-state index in [0.717, 1.165) is 0 Å². The fraction of sp³-hybridized carbons (Fsp3) is 0.750. The maximum absolute atomic E-state index is 12.1. The Bertz CT molecular complexity index is 504. The third-order valence-electron chi connectivity index (χ3n) is 3.32. The molecule has 0 amide bonds. The molecule has 0 atom stereocenters. The molecule has 3 N–H and O–H groups in total. The predicted molar refractivity (Wildman–Crippen MR) is 73.4 cm³/mol. The van der Waals surface area contributed by atoms with Crippen LogP contribution in [0.15, 0.2) is 11.2 Å². The van der Waals surface area contributed by atoms with Crippen LogP contribution in [0.2, 0.25) is 0 Å². The molecule has 19 heavy (non-hydrogen) atoms. The summed E-state index contributed by atoms with van der Waals surface area (Å²) in [6, 6.07) is 0. The number of nitrogens with one attached hydrogen (secondary N) is 2. The number of aromatic nitrogens is 2. The summed E-state index contributed by atoms with van der Waals surface area (Å²) in [6.07, 6.45) is 2.28. The zero-order valence-corrected chi connectivity index (χ0v) is 12.7. The molecule has 1 rings (SSSR count). The first-order valence-electron chi connectivity index (χ1n) is 6.51. The highest BCUT2D eigenvalue weighted by atomic mass is 32.2. The summed E-state index contributed by atoms with van der Waals surface area (Å²) < 4.78 is 26.5. The van der Waals surface area contributed by atoms with Gasteiger partial charge in [-0.2, -0.15) is 0 Å². The van der Waals surface area contributed by atoms with Gasteiger partial charge in [-0.15, -0.1) is 0 Å². The Morgan fingerprint density at radius 2 is 2.00 bits per heavy atom. The third kappa shape index (κ3) is 4.02. The van der Waals surface area contributed by atoms with E-state index in [1.165, 1.54) is 6.20 Å². The molecule has 0 unspecified atom stereocenters. The van der Waals surface area contributed by atoms with Crippen LogP contribution in [0, 0.1) is 0 Å². The van der Waals surface area contributed by atoms with Crippen LogP contribution in [0.1, 0.15) is 52.3 Å². The second-order valence-corrected chi connectivity index (χ2v) is 6.78. The van der Waals surface area contributed by atoms with E-state index in [4.69, 9.17) is 0 Å².